The number of ether oxygens (including phenoxy) is 1. The molecular formula is C17H24N2OS. The second-order valence-corrected chi connectivity index (χ2v) is 6.46. The highest BCUT2D eigenvalue weighted by molar-refractivity contribution is 7.09. The van der Waals surface area contributed by atoms with Crippen LogP contribution in [0.4, 0.5) is 0 Å². The Labute approximate surface area is 131 Å². The highest BCUT2D eigenvalue weighted by Gasteiger charge is 2.07. The molecule has 1 aromatic carbocycles. The Morgan fingerprint density at radius 3 is 2.81 bits per heavy atom. The van der Waals surface area contributed by atoms with E-state index in [0.29, 0.717) is 12.6 Å². The lowest BCUT2D eigenvalue weighted by molar-refractivity contribution is 0.297. The van der Waals surface area contributed by atoms with Crippen molar-refractivity contribution in [2.24, 2.45) is 0 Å². The number of nitrogens with zero attached hydrogens (tertiary/aromatic N) is 1. The molecule has 4 heteroatoms. The second kappa shape index (κ2) is 7.57. The zero-order valence-electron chi connectivity index (χ0n) is 13.3. The van der Waals surface area contributed by atoms with E-state index in [4.69, 9.17) is 4.74 Å². The Kier molecular flexibility index (Phi) is 5.76. The highest BCUT2D eigenvalue weighted by Crippen LogP contribution is 2.22. The van der Waals surface area contributed by atoms with Crippen LogP contribution >= 0.6 is 11.3 Å². The topological polar surface area (TPSA) is 34.1 Å². The number of hydrogen-bond donors (Lipinski definition) is 1. The molecule has 114 valence electrons. The van der Waals surface area contributed by atoms with E-state index in [1.165, 1.54) is 16.1 Å². The molecule has 0 saturated heterocycles. The van der Waals surface area contributed by atoms with Crippen molar-refractivity contribution in [3.8, 4) is 5.75 Å². The summed E-state index contributed by atoms with van der Waals surface area (Å²) in [7, 11) is 0. The molecule has 1 N–H and O–H groups in total. The first-order chi connectivity index (χ1) is 10.1. The van der Waals surface area contributed by atoms with Gasteiger partial charge in [0.15, 0.2) is 0 Å². The Morgan fingerprint density at radius 1 is 1.33 bits per heavy atom. The molecule has 0 amide bonds. The fraction of sp³-hybridized carbons (Fsp3) is 0.471. The second-order valence-electron chi connectivity index (χ2n) is 5.52. The molecule has 1 heterocycles. The van der Waals surface area contributed by atoms with Gasteiger partial charge in [-0.25, -0.2) is 4.98 Å². The van der Waals surface area contributed by atoms with E-state index in [9.17, 15) is 0 Å². The van der Waals surface area contributed by atoms with Gasteiger partial charge in [0, 0.05) is 23.5 Å². The van der Waals surface area contributed by atoms with Crippen molar-refractivity contribution < 1.29 is 4.74 Å². The third-order valence-corrected chi connectivity index (χ3v) is 4.24. The van der Waals surface area contributed by atoms with Gasteiger partial charge in [-0.2, -0.15) is 0 Å². The summed E-state index contributed by atoms with van der Waals surface area (Å²) >= 11 is 1.70. The van der Waals surface area contributed by atoms with Gasteiger partial charge in [-0.3, -0.25) is 0 Å². The van der Waals surface area contributed by atoms with E-state index in [-0.39, 0.29) is 0 Å². The molecule has 2 rings (SSSR count). The number of hydrogen-bond acceptors (Lipinski definition) is 4. The molecule has 3 nitrogen and oxygen atoms in total. The van der Waals surface area contributed by atoms with E-state index < -0.39 is 0 Å². The fourth-order valence-electron chi connectivity index (χ4n) is 2.03. The minimum absolute atomic E-state index is 0.462. The summed E-state index contributed by atoms with van der Waals surface area (Å²) in [5, 5.41) is 6.70. The summed E-state index contributed by atoms with van der Waals surface area (Å²) in [6, 6.07) is 6.79. The average molecular weight is 304 g/mol. The van der Waals surface area contributed by atoms with Crippen molar-refractivity contribution in [3.05, 3.63) is 45.4 Å². The van der Waals surface area contributed by atoms with Gasteiger partial charge in [0.05, 0.1) is 10.7 Å². The minimum Gasteiger partial charge on any atom is -0.487 e. The molecule has 0 fully saturated rings. The van der Waals surface area contributed by atoms with Crippen LogP contribution in [0.15, 0.2) is 23.6 Å². The predicted octanol–water partition coefficient (Wildman–Crippen LogP) is 4.09. The summed E-state index contributed by atoms with van der Waals surface area (Å²) in [6.07, 6.45) is 0.985. The molecule has 0 unspecified atom stereocenters. The van der Waals surface area contributed by atoms with Gasteiger partial charge in [-0.15, -0.1) is 11.3 Å². The fourth-order valence-corrected chi connectivity index (χ4v) is 2.76. The van der Waals surface area contributed by atoms with Crippen molar-refractivity contribution in [1.82, 2.24) is 10.3 Å². The number of aryl methyl sites for hydroxylation is 2. The van der Waals surface area contributed by atoms with Crippen molar-refractivity contribution >= 4 is 11.3 Å². The molecule has 0 aliphatic rings. The van der Waals surface area contributed by atoms with E-state index >= 15 is 0 Å². The van der Waals surface area contributed by atoms with Gasteiger partial charge >= 0.3 is 0 Å². The molecular weight excluding hydrogens is 280 g/mol. The van der Waals surface area contributed by atoms with Crippen molar-refractivity contribution in [2.75, 3.05) is 0 Å². The minimum atomic E-state index is 0.462. The van der Waals surface area contributed by atoms with Crippen LogP contribution in [0, 0.1) is 6.92 Å². The summed E-state index contributed by atoms with van der Waals surface area (Å²) in [4.78, 5) is 4.54. The molecule has 2 aromatic rings. The van der Waals surface area contributed by atoms with Crippen LogP contribution in [0.5, 0.6) is 5.75 Å². The van der Waals surface area contributed by atoms with Gasteiger partial charge < -0.3 is 10.1 Å². The Hall–Kier alpha value is -1.39. The van der Waals surface area contributed by atoms with Crippen LogP contribution in [0.1, 0.15) is 42.6 Å². The quantitative estimate of drug-likeness (QED) is 0.836. The first-order valence-electron chi connectivity index (χ1n) is 7.47. The zero-order valence-corrected chi connectivity index (χ0v) is 14.1. The first-order valence-corrected chi connectivity index (χ1v) is 8.35. The van der Waals surface area contributed by atoms with Crippen LogP contribution in [0.3, 0.4) is 0 Å². The van der Waals surface area contributed by atoms with E-state index in [2.05, 4.69) is 61.6 Å². The first kappa shape index (κ1) is 16.0. The maximum Gasteiger partial charge on any atom is 0.131 e. The molecule has 0 bridgehead atoms. The summed E-state index contributed by atoms with van der Waals surface area (Å²) in [5.41, 5.74) is 3.47. The van der Waals surface area contributed by atoms with Gasteiger partial charge in [-0.1, -0.05) is 38.5 Å². The van der Waals surface area contributed by atoms with Crippen LogP contribution in [0.2, 0.25) is 0 Å². The number of benzene rings is 1. The van der Waals surface area contributed by atoms with Crippen LogP contribution < -0.4 is 10.1 Å². The van der Waals surface area contributed by atoms with E-state index in [1.807, 2.05) is 0 Å². The average Bonchev–Trinajstić information content (AvgIpc) is 2.92. The number of thiazole rings is 1. The van der Waals surface area contributed by atoms with Crippen LogP contribution in [-0.2, 0) is 19.6 Å². The van der Waals surface area contributed by atoms with Gasteiger partial charge in [0.2, 0.25) is 0 Å². The summed E-state index contributed by atoms with van der Waals surface area (Å²) in [5.74, 6) is 0.944. The zero-order chi connectivity index (χ0) is 15.2. The third-order valence-electron chi connectivity index (χ3n) is 3.19. The van der Waals surface area contributed by atoms with Gasteiger partial charge in [0.25, 0.3) is 0 Å². The smallest absolute Gasteiger partial charge is 0.131 e. The van der Waals surface area contributed by atoms with Crippen molar-refractivity contribution in [2.45, 2.75) is 53.3 Å². The maximum absolute atomic E-state index is 5.97. The van der Waals surface area contributed by atoms with Crippen molar-refractivity contribution in [1.29, 1.82) is 0 Å². The van der Waals surface area contributed by atoms with E-state index in [1.54, 1.807) is 11.3 Å². The van der Waals surface area contributed by atoms with Crippen LogP contribution in [0.25, 0.3) is 0 Å². The highest BCUT2D eigenvalue weighted by atomic mass is 32.1. The lowest BCUT2D eigenvalue weighted by Gasteiger charge is -2.14. The summed E-state index contributed by atoms with van der Waals surface area (Å²) in [6.45, 7) is 9.89. The number of aromatic nitrogens is 1. The molecule has 21 heavy (non-hydrogen) atoms. The van der Waals surface area contributed by atoms with E-state index in [0.717, 1.165) is 24.4 Å². The largest absolute Gasteiger partial charge is 0.487 e. The molecule has 0 spiro atoms. The molecule has 0 saturated carbocycles. The lowest BCUT2D eigenvalue weighted by atomic mass is 10.1. The maximum atomic E-state index is 5.97. The lowest BCUT2D eigenvalue weighted by Crippen LogP contribution is -2.22. The summed E-state index contributed by atoms with van der Waals surface area (Å²) < 4.78 is 5.97. The third kappa shape index (κ3) is 4.83. The van der Waals surface area contributed by atoms with Gasteiger partial charge in [-0.05, 0) is 19.4 Å². The molecule has 0 atom stereocenters. The number of rotatable bonds is 7. The molecule has 0 radical (unpaired) electrons. The predicted molar refractivity (Wildman–Crippen MR) is 89.0 cm³/mol. The molecule has 1 aromatic heterocycles. The molecule has 0 aliphatic heterocycles. The standard InChI is InChI=1S/C17H24N2OS/c1-5-17-19-15(11-21-17)10-20-16-7-6-13(4)8-14(16)9-18-12(2)3/h6-8,11-12,18H,5,9-10H2,1-4H3. The monoisotopic (exact) mass is 304 g/mol. The Morgan fingerprint density at radius 2 is 2.14 bits per heavy atom. The van der Waals surface area contributed by atoms with Crippen molar-refractivity contribution in [3.63, 3.8) is 0 Å². The Balaban J connectivity index is 2.04. The van der Waals surface area contributed by atoms with Crippen LogP contribution in [-0.4, -0.2) is 11.0 Å². The number of nitrogens with one attached hydrogen (secondary N) is 1. The molecule has 0 aliphatic carbocycles. The SMILES string of the molecule is CCc1nc(COc2ccc(C)cc2CNC(C)C)cs1. The normalized spacial score (nSPS) is 11.1. The van der Waals surface area contributed by atoms with Gasteiger partial charge in [0.1, 0.15) is 12.4 Å². The Bertz CT molecular complexity index is 578.